The van der Waals surface area contributed by atoms with Crippen LogP contribution in [0.2, 0.25) is 0 Å². The highest BCUT2D eigenvalue weighted by Gasteiger charge is 2.28. The van der Waals surface area contributed by atoms with Gasteiger partial charge in [0.15, 0.2) is 0 Å². The van der Waals surface area contributed by atoms with Gasteiger partial charge in [-0.25, -0.2) is 0 Å². The van der Waals surface area contributed by atoms with E-state index >= 15 is 0 Å². The van der Waals surface area contributed by atoms with Crippen LogP contribution in [0.15, 0.2) is 30.3 Å². The second kappa shape index (κ2) is 4.77. The van der Waals surface area contributed by atoms with E-state index in [1.807, 2.05) is 0 Å². The lowest BCUT2D eigenvalue weighted by molar-refractivity contribution is 0.0423. The number of likely N-dealkylation sites (N-methyl/N-ethyl adjacent to an activating group) is 1. The highest BCUT2D eigenvalue weighted by atomic mass is 16.5. The smallest absolute Gasteiger partial charge is 0.0772 e. The molecule has 1 aliphatic heterocycles. The minimum absolute atomic E-state index is 0.363. The molecule has 1 aromatic rings. The maximum atomic E-state index is 5.79. The average molecular weight is 205 g/mol. The summed E-state index contributed by atoms with van der Waals surface area (Å²) in [7, 11) is 4.25. The lowest BCUT2D eigenvalue weighted by Crippen LogP contribution is -2.30. The molecule has 1 saturated heterocycles. The first-order valence-electron chi connectivity index (χ1n) is 5.62. The van der Waals surface area contributed by atoms with Crippen LogP contribution in [0.3, 0.4) is 0 Å². The van der Waals surface area contributed by atoms with Gasteiger partial charge in [0.1, 0.15) is 0 Å². The molecule has 1 fully saturated rings. The molecule has 15 heavy (non-hydrogen) atoms. The summed E-state index contributed by atoms with van der Waals surface area (Å²) in [5.41, 5.74) is 1.36. The van der Waals surface area contributed by atoms with Crippen LogP contribution in [-0.4, -0.2) is 31.7 Å². The predicted molar refractivity (Wildman–Crippen MR) is 61.8 cm³/mol. The van der Waals surface area contributed by atoms with Gasteiger partial charge in [-0.2, -0.15) is 0 Å². The Bertz CT molecular complexity index is 291. The minimum atomic E-state index is 0.363. The molecule has 0 saturated carbocycles. The van der Waals surface area contributed by atoms with Gasteiger partial charge in [-0.3, -0.25) is 0 Å². The SMILES string of the molecule is CN(C)[C@H](c1ccccc1)[C@H]1CCCO1. The molecular formula is C13H19NO. The van der Waals surface area contributed by atoms with Crippen LogP contribution >= 0.6 is 0 Å². The standard InChI is InChI=1S/C13H19NO/c1-14(2)13(12-9-6-10-15-12)11-7-4-3-5-8-11/h3-5,7-8,12-13H,6,9-10H2,1-2H3/t12-,13-/m1/s1. The number of ether oxygens (including phenoxy) is 1. The van der Waals surface area contributed by atoms with Crippen molar-refractivity contribution in [2.75, 3.05) is 20.7 Å². The van der Waals surface area contributed by atoms with Gasteiger partial charge in [-0.15, -0.1) is 0 Å². The topological polar surface area (TPSA) is 12.5 Å². The Morgan fingerprint density at radius 2 is 2.00 bits per heavy atom. The van der Waals surface area contributed by atoms with E-state index < -0.39 is 0 Å². The number of benzene rings is 1. The van der Waals surface area contributed by atoms with Crippen molar-refractivity contribution < 1.29 is 4.74 Å². The molecule has 0 aliphatic carbocycles. The number of hydrogen-bond donors (Lipinski definition) is 0. The normalized spacial score (nSPS) is 23.3. The Kier molecular flexibility index (Phi) is 3.39. The van der Waals surface area contributed by atoms with Gasteiger partial charge in [0, 0.05) is 6.61 Å². The van der Waals surface area contributed by atoms with E-state index in [2.05, 4.69) is 49.3 Å². The fourth-order valence-electron chi connectivity index (χ4n) is 2.35. The van der Waals surface area contributed by atoms with E-state index in [-0.39, 0.29) is 0 Å². The number of hydrogen-bond acceptors (Lipinski definition) is 2. The van der Waals surface area contributed by atoms with Crippen molar-refractivity contribution in [2.45, 2.75) is 25.0 Å². The maximum absolute atomic E-state index is 5.79. The van der Waals surface area contributed by atoms with Gasteiger partial charge >= 0.3 is 0 Å². The summed E-state index contributed by atoms with van der Waals surface area (Å²) in [6.07, 6.45) is 2.74. The molecule has 1 aromatic carbocycles. The van der Waals surface area contributed by atoms with Gasteiger partial charge in [-0.05, 0) is 32.5 Å². The first-order valence-corrected chi connectivity index (χ1v) is 5.62. The third kappa shape index (κ3) is 2.39. The lowest BCUT2D eigenvalue weighted by Gasteiger charge is -2.29. The Balaban J connectivity index is 2.19. The van der Waals surface area contributed by atoms with Gasteiger partial charge in [0.05, 0.1) is 12.1 Å². The molecule has 0 bridgehead atoms. The molecule has 0 spiro atoms. The van der Waals surface area contributed by atoms with Crippen LogP contribution < -0.4 is 0 Å². The summed E-state index contributed by atoms with van der Waals surface area (Å²) in [6, 6.07) is 11.0. The van der Waals surface area contributed by atoms with Gasteiger partial charge in [-0.1, -0.05) is 30.3 Å². The zero-order chi connectivity index (χ0) is 10.7. The van der Waals surface area contributed by atoms with Crippen molar-refractivity contribution in [1.82, 2.24) is 4.90 Å². The van der Waals surface area contributed by atoms with Crippen molar-refractivity contribution in [3.8, 4) is 0 Å². The minimum Gasteiger partial charge on any atom is -0.376 e. The molecule has 0 amide bonds. The summed E-state index contributed by atoms with van der Waals surface area (Å²) < 4.78 is 5.79. The molecule has 0 aromatic heterocycles. The van der Waals surface area contributed by atoms with Crippen molar-refractivity contribution in [3.63, 3.8) is 0 Å². The van der Waals surface area contributed by atoms with Gasteiger partial charge < -0.3 is 9.64 Å². The molecule has 2 rings (SSSR count). The van der Waals surface area contributed by atoms with Crippen LogP contribution in [0, 0.1) is 0 Å². The second-order valence-corrected chi connectivity index (χ2v) is 4.37. The summed E-state index contributed by atoms with van der Waals surface area (Å²) >= 11 is 0. The van der Waals surface area contributed by atoms with Crippen molar-refractivity contribution in [3.05, 3.63) is 35.9 Å². The zero-order valence-corrected chi connectivity index (χ0v) is 9.52. The molecule has 2 nitrogen and oxygen atoms in total. The lowest BCUT2D eigenvalue weighted by atomic mass is 9.98. The van der Waals surface area contributed by atoms with Crippen LogP contribution in [0.1, 0.15) is 24.4 Å². The fourth-order valence-corrected chi connectivity index (χ4v) is 2.35. The molecule has 0 N–H and O–H groups in total. The molecule has 2 heteroatoms. The largest absolute Gasteiger partial charge is 0.376 e. The van der Waals surface area contributed by atoms with Crippen LogP contribution in [-0.2, 0) is 4.74 Å². The van der Waals surface area contributed by atoms with Crippen molar-refractivity contribution in [1.29, 1.82) is 0 Å². The van der Waals surface area contributed by atoms with Gasteiger partial charge in [0.2, 0.25) is 0 Å². The van der Waals surface area contributed by atoms with Crippen molar-refractivity contribution >= 4 is 0 Å². The first-order chi connectivity index (χ1) is 7.29. The van der Waals surface area contributed by atoms with E-state index in [9.17, 15) is 0 Å². The Morgan fingerprint density at radius 3 is 2.53 bits per heavy atom. The summed E-state index contributed by atoms with van der Waals surface area (Å²) in [4.78, 5) is 2.26. The number of rotatable bonds is 3. The fraction of sp³-hybridized carbons (Fsp3) is 0.538. The molecule has 2 atom stereocenters. The third-order valence-electron chi connectivity index (χ3n) is 3.01. The molecule has 1 heterocycles. The van der Waals surface area contributed by atoms with E-state index in [0.29, 0.717) is 12.1 Å². The predicted octanol–water partition coefficient (Wildman–Crippen LogP) is 2.47. The van der Waals surface area contributed by atoms with Crippen LogP contribution in [0.5, 0.6) is 0 Å². The third-order valence-corrected chi connectivity index (χ3v) is 3.01. The quantitative estimate of drug-likeness (QED) is 0.751. The second-order valence-electron chi connectivity index (χ2n) is 4.37. The van der Waals surface area contributed by atoms with Crippen molar-refractivity contribution in [2.24, 2.45) is 0 Å². The highest BCUT2D eigenvalue weighted by molar-refractivity contribution is 5.20. The molecule has 82 valence electrons. The molecule has 0 radical (unpaired) electrons. The van der Waals surface area contributed by atoms with Crippen LogP contribution in [0.25, 0.3) is 0 Å². The van der Waals surface area contributed by atoms with E-state index in [0.717, 1.165) is 6.61 Å². The molecular weight excluding hydrogens is 186 g/mol. The Hall–Kier alpha value is -0.860. The summed E-state index contributed by atoms with van der Waals surface area (Å²) in [5.74, 6) is 0. The number of nitrogens with zero attached hydrogens (tertiary/aromatic N) is 1. The molecule has 1 aliphatic rings. The molecule has 0 unspecified atom stereocenters. The monoisotopic (exact) mass is 205 g/mol. The van der Waals surface area contributed by atoms with E-state index in [4.69, 9.17) is 4.74 Å². The first kappa shape index (κ1) is 10.7. The average Bonchev–Trinajstić information content (AvgIpc) is 2.72. The summed E-state index contributed by atoms with van der Waals surface area (Å²) in [6.45, 7) is 0.918. The van der Waals surface area contributed by atoms with E-state index in [1.165, 1.54) is 18.4 Å². The maximum Gasteiger partial charge on any atom is 0.0772 e. The van der Waals surface area contributed by atoms with Gasteiger partial charge in [0.25, 0.3) is 0 Å². The highest BCUT2D eigenvalue weighted by Crippen LogP contribution is 2.30. The van der Waals surface area contributed by atoms with Crippen LogP contribution in [0.4, 0.5) is 0 Å². The Morgan fingerprint density at radius 1 is 1.27 bits per heavy atom. The zero-order valence-electron chi connectivity index (χ0n) is 9.52. The van der Waals surface area contributed by atoms with E-state index in [1.54, 1.807) is 0 Å². The summed E-state index contributed by atoms with van der Waals surface area (Å²) in [5, 5.41) is 0. The Labute approximate surface area is 91.9 Å².